The molecular weight excluding hydrogens is 228 g/mol. The summed E-state index contributed by atoms with van der Waals surface area (Å²) in [5.74, 6) is 2.29. The SMILES string of the molecule is Cc1nc(CC2CC(C(C)C)CCC2N)cs1. The Bertz CT molecular complexity index is 359. The van der Waals surface area contributed by atoms with Crippen molar-refractivity contribution in [3.63, 3.8) is 0 Å². The number of nitrogens with zero attached hydrogens (tertiary/aromatic N) is 1. The van der Waals surface area contributed by atoms with Gasteiger partial charge in [-0.05, 0) is 50.4 Å². The fourth-order valence-electron chi connectivity index (χ4n) is 2.93. The minimum atomic E-state index is 0.381. The summed E-state index contributed by atoms with van der Waals surface area (Å²) in [7, 11) is 0. The van der Waals surface area contributed by atoms with E-state index in [1.807, 2.05) is 0 Å². The lowest BCUT2D eigenvalue weighted by atomic mass is 9.72. The third-order valence-electron chi connectivity index (χ3n) is 4.16. The van der Waals surface area contributed by atoms with Crippen molar-refractivity contribution >= 4 is 11.3 Å². The van der Waals surface area contributed by atoms with Crippen molar-refractivity contribution in [3.8, 4) is 0 Å². The van der Waals surface area contributed by atoms with Gasteiger partial charge >= 0.3 is 0 Å². The normalized spacial score (nSPS) is 29.8. The van der Waals surface area contributed by atoms with E-state index in [1.54, 1.807) is 11.3 Å². The Kier molecular flexibility index (Phi) is 4.21. The minimum absolute atomic E-state index is 0.381. The summed E-state index contributed by atoms with van der Waals surface area (Å²) < 4.78 is 0. The van der Waals surface area contributed by atoms with Gasteiger partial charge < -0.3 is 5.73 Å². The monoisotopic (exact) mass is 252 g/mol. The highest BCUT2D eigenvalue weighted by Gasteiger charge is 2.30. The standard InChI is InChI=1S/C14H24N2S/c1-9(2)11-4-5-14(15)12(6-11)7-13-8-17-10(3)16-13/h8-9,11-12,14H,4-7,15H2,1-3H3. The highest BCUT2D eigenvalue weighted by atomic mass is 32.1. The van der Waals surface area contributed by atoms with Crippen molar-refractivity contribution in [2.45, 2.75) is 52.5 Å². The molecule has 1 saturated carbocycles. The van der Waals surface area contributed by atoms with E-state index in [-0.39, 0.29) is 0 Å². The molecular formula is C14H24N2S. The molecule has 1 fully saturated rings. The minimum Gasteiger partial charge on any atom is -0.327 e. The quantitative estimate of drug-likeness (QED) is 0.895. The summed E-state index contributed by atoms with van der Waals surface area (Å²) in [5, 5.41) is 3.37. The largest absolute Gasteiger partial charge is 0.327 e. The Morgan fingerprint density at radius 2 is 2.24 bits per heavy atom. The smallest absolute Gasteiger partial charge is 0.0897 e. The molecule has 3 unspecified atom stereocenters. The molecule has 2 nitrogen and oxygen atoms in total. The molecule has 2 rings (SSSR count). The number of rotatable bonds is 3. The van der Waals surface area contributed by atoms with Gasteiger partial charge in [-0.25, -0.2) is 4.98 Å². The van der Waals surface area contributed by atoms with E-state index in [4.69, 9.17) is 5.73 Å². The van der Waals surface area contributed by atoms with Crippen LogP contribution in [0.1, 0.15) is 43.8 Å². The van der Waals surface area contributed by atoms with E-state index in [2.05, 4.69) is 31.1 Å². The van der Waals surface area contributed by atoms with Crippen molar-refractivity contribution in [2.24, 2.45) is 23.5 Å². The maximum Gasteiger partial charge on any atom is 0.0897 e. The number of aromatic nitrogens is 1. The van der Waals surface area contributed by atoms with Crippen LogP contribution in [0.15, 0.2) is 5.38 Å². The number of nitrogens with two attached hydrogens (primary N) is 1. The lowest BCUT2D eigenvalue weighted by Crippen LogP contribution is -2.38. The second-order valence-electron chi connectivity index (χ2n) is 5.80. The first-order chi connectivity index (χ1) is 8.06. The molecule has 1 heterocycles. The molecule has 0 aliphatic heterocycles. The van der Waals surface area contributed by atoms with Crippen LogP contribution in [0.25, 0.3) is 0 Å². The van der Waals surface area contributed by atoms with Crippen LogP contribution in [0.3, 0.4) is 0 Å². The van der Waals surface area contributed by atoms with Crippen molar-refractivity contribution in [1.82, 2.24) is 4.98 Å². The van der Waals surface area contributed by atoms with E-state index in [0.29, 0.717) is 12.0 Å². The van der Waals surface area contributed by atoms with Gasteiger partial charge in [-0.3, -0.25) is 0 Å². The van der Waals surface area contributed by atoms with Gasteiger partial charge in [0.15, 0.2) is 0 Å². The molecule has 0 bridgehead atoms. The fourth-order valence-corrected chi connectivity index (χ4v) is 3.56. The lowest BCUT2D eigenvalue weighted by molar-refractivity contribution is 0.189. The average molecular weight is 252 g/mol. The van der Waals surface area contributed by atoms with Crippen LogP contribution in [0, 0.1) is 24.7 Å². The van der Waals surface area contributed by atoms with Crippen LogP contribution >= 0.6 is 11.3 Å². The first kappa shape index (κ1) is 13.0. The van der Waals surface area contributed by atoms with Gasteiger partial charge in [0.1, 0.15) is 0 Å². The second-order valence-corrected chi connectivity index (χ2v) is 6.87. The predicted molar refractivity (Wildman–Crippen MR) is 74.2 cm³/mol. The lowest BCUT2D eigenvalue weighted by Gasteiger charge is -2.35. The Balaban J connectivity index is 1.98. The van der Waals surface area contributed by atoms with Crippen molar-refractivity contribution < 1.29 is 0 Å². The van der Waals surface area contributed by atoms with Gasteiger partial charge in [-0.15, -0.1) is 11.3 Å². The third-order valence-corrected chi connectivity index (χ3v) is 4.98. The molecule has 1 aromatic rings. The van der Waals surface area contributed by atoms with Crippen LogP contribution in [-0.2, 0) is 6.42 Å². The average Bonchev–Trinajstić information content (AvgIpc) is 2.67. The summed E-state index contributed by atoms with van der Waals surface area (Å²) in [6, 6.07) is 0.381. The van der Waals surface area contributed by atoms with Gasteiger partial charge in [-0.1, -0.05) is 13.8 Å². The summed E-state index contributed by atoms with van der Waals surface area (Å²) >= 11 is 1.75. The molecule has 1 aliphatic carbocycles. The summed E-state index contributed by atoms with van der Waals surface area (Å²) in [5.41, 5.74) is 7.52. The Morgan fingerprint density at radius 3 is 2.82 bits per heavy atom. The van der Waals surface area contributed by atoms with Crippen LogP contribution in [0.4, 0.5) is 0 Å². The zero-order valence-electron chi connectivity index (χ0n) is 11.1. The molecule has 3 heteroatoms. The van der Waals surface area contributed by atoms with Crippen LogP contribution in [-0.4, -0.2) is 11.0 Å². The molecule has 96 valence electrons. The summed E-state index contributed by atoms with van der Waals surface area (Å²) in [6.07, 6.45) is 4.87. The molecule has 1 aliphatic rings. The number of hydrogen-bond donors (Lipinski definition) is 1. The Labute approximate surface area is 109 Å². The van der Waals surface area contributed by atoms with Crippen LogP contribution in [0.5, 0.6) is 0 Å². The highest BCUT2D eigenvalue weighted by molar-refractivity contribution is 7.09. The van der Waals surface area contributed by atoms with Gasteiger partial charge in [0, 0.05) is 11.4 Å². The molecule has 2 N–H and O–H groups in total. The number of thiazole rings is 1. The first-order valence-electron chi connectivity index (χ1n) is 6.73. The zero-order valence-corrected chi connectivity index (χ0v) is 12.0. The topological polar surface area (TPSA) is 38.9 Å². The van der Waals surface area contributed by atoms with Crippen LogP contribution in [0.2, 0.25) is 0 Å². The molecule has 0 aromatic carbocycles. The Morgan fingerprint density at radius 1 is 1.47 bits per heavy atom. The summed E-state index contributed by atoms with van der Waals surface area (Å²) in [4.78, 5) is 4.57. The van der Waals surface area contributed by atoms with Crippen molar-refractivity contribution in [1.29, 1.82) is 0 Å². The number of hydrogen-bond acceptors (Lipinski definition) is 3. The molecule has 0 amide bonds. The maximum absolute atomic E-state index is 6.27. The molecule has 1 aromatic heterocycles. The highest BCUT2D eigenvalue weighted by Crippen LogP contribution is 2.34. The van der Waals surface area contributed by atoms with Crippen molar-refractivity contribution in [2.75, 3.05) is 0 Å². The van der Waals surface area contributed by atoms with Crippen molar-refractivity contribution in [3.05, 3.63) is 16.1 Å². The van der Waals surface area contributed by atoms with E-state index in [9.17, 15) is 0 Å². The van der Waals surface area contributed by atoms with E-state index in [1.165, 1.54) is 30.0 Å². The van der Waals surface area contributed by atoms with E-state index >= 15 is 0 Å². The van der Waals surface area contributed by atoms with E-state index < -0.39 is 0 Å². The van der Waals surface area contributed by atoms with E-state index in [0.717, 1.165) is 18.3 Å². The summed E-state index contributed by atoms with van der Waals surface area (Å²) in [6.45, 7) is 6.75. The predicted octanol–water partition coefficient (Wildman–Crippen LogP) is 3.39. The maximum atomic E-state index is 6.27. The van der Waals surface area contributed by atoms with Gasteiger partial charge in [0.2, 0.25) is 0 Å². The Hall–Kier alpha value is -0.410. The second kappa shape index (κ2) is 5.49. The fraction of sp³-hybridized carbons (Fsp3) is 0.786. The number of aryl methyl sites for hydroxylation is 1. The zero-order chi connectivity index (χ0) is 12.4. The molecule has 17 heavy (non-hydrogen) atoms. The van der Waals surface area contributed by atoms with Crippen LogP contribution < -0.4 is 5.73 Å². The van der Waals surface area contributed by atoms with Gasteiger partial charge in [0.25, 0.3) is 0 Å². The molecule has 3 atom stereocenters. The molecule has 0 spiro atoms. The third kappa shape index (κ3) is 3.29. The van der Waals surface area contributed by atoms with Gasteiger partial charge in [0.05, 0.1) is 10.7 Å². The molecule has 0 saturated heterocycles. The first-order valence-corrected chi connectivity index (χ1v) is 7.60. The molecule has 0 radical (unpaired) electrons. The van der Waals surface area contributed by atoms with Gasteiger partial charge in [-0.2, -0.15) is 0 Å².